The number of carbonyl (C=O) groups excluding carboxylic acids is 1. The van der Waals surface area contributed by atoms with E-state index in [-0.39, 0.29) is 5.97 Å². The molecule has 0 radical (unpaired) electrons. The maximum atomic E-state index is 10.5. The summed E-state index contributed by atoms with van der Waals surface area (Å²) in [4.78, 5) is 10.5. The van der Waals surface area contributed by atoms with Gasteiger partial charge in [0.05, 0.1) is 12.2 Å². The summed E-state index contributed by atoms with van der Waals surface area (Å²) >= 11 is 3.11. The first-order valence-corrected chi connectivity index (χ1v) is 3.71. The van der Waals surface area contributed by atoms with Crippen LogP contribution in [0.25, 0.3) is 0 Å². The monoisotopic (exact) mass is 192 g/mol. The summed E-state index contributed by atoms with van der Waals surface area (Å²) in [5.74, 6) is 0.209. The third-order valence-electron chi connectivity index (χ3n) is 0.587. The summed E-state index contributed by atoms with van der Waals surface area (Å²) in [6, 6.07) is 0. The number of hydrogen-bond donors (Lipinski definition) is 0. The molecule has 52 valence electrons. The first-order valence-electron chi connectivity index (χ1n) is 2.59. The minimum absolute atomic E-state index is 0.237. The van der Waals surface area contributed by atoms with Crippen molar-refractivity contribution in [3.8, 4) is 0 Å². The summed E-state index contributed by atoms with van der Waals surface area (Å²) in [6.45, 7) is 5.06. The fourth-order valence-corrected chi connectivity index (χ4v) is 0.646. The number of alkyl halides is 1. The molecule has 0 saturated heterocycles. The topological polar surface area (TPSA) is 26.3 Å². The van der Waals surface area contributed by atoms with E-state index in [0.717, 1.165) is 0 Å². The van der Waals surface area contributed by atoms with E-state index in [1.807, 2.05) is 0 Å². The molecule has 0 heterocycles. The van der Waals surface area contributed by atoms with Crippen molar-refractivity contribution in [1.82, 2.24) is 0 Å². The standard InChI is InChI=1S/C6H9BrO2/c1-5(2)9-6(8)3-4-7/h1,3-4H2,2H3. The van der Waals surface area contributed by atoms with Crippen LogP contribution in [0.3, 0.4) is 0 Å². The van der Waals surface area contributed by atoms with Gasteiger partial charge in [-0.1, -0.05) is 22.5 Å². The maximum absolute atomic E-state index is 10.5. The molecule has 0 aliphatic heterocycles. The predicted octanol–water partition coefficient (Wildman–Crippen LogP) is 1.85. The summed E-state index contributed by atoms with van der Waals surface area (Å²) in [5.41, 5.74) is 0. The first kappa shape index (κ1) is 8.69. The second-order valence-corrected chi connectivity index (χ2v) is 2.41. The second-order valence-electron chi connectivity index (χ2n) is 1.62. The van der Waals surface area contributed by atoms with Crippen LogP contribution in [0.2, 0.25) is 0 Å². The molecule has 0 amide bonds. The molecule has 0 aromatic heterocycles. The van der Waals surface area contributed by atoms with E-state index in [0.29, 0.717) is 17.5 Å². The average Bonchev–Trinajstić information content (AvgIpc) is 1.63. The van der Waals surface area contributed by atoms with Crippen LogP contribution in [0.15, 0.2) is 12.3 Å². The van der Waals surface area contributed by atoms with E-state index in [9.17, 15) is 4.79 Å². The van der Waals surface area contributed by atoms with E-state index in [2.05, 4.69) is 27.2 Å². The smallest absolute Gasteiger partial charge is 0.311 e. The molecule has 0 unspecified atom stereocenters. The lowest BCUT2D eigenvalue weighted by Crippen LogP contribution is -2.01. The number of hydrogen-bond acceptors (Lipinski definition) is 2. The predicted molar refractivity (Wildman–Crippen MR) is 39.3 cm³/mol. The molecule has 3 heteroatoms. The van der Waals surface area contributed by atoms with Crippen molar-refractivity contribution >= 4 is 21.9 Å². The average molecular weight is 193 g/mol. The SMILES string of the molecule is C=C(C)OC(=O)CCBr. The van der Waals surface area contributed by atoms with Gasteiger partial charge < -0.3 is 4.74 Å². The summed E-state index contributed by atoms with van der Waals surface area (Å²) in [6.07, 6.45) is 0.396. The van der Waals surface area contributed by atoms with Gasteiger partial charge in [-0.3, -0.25) is 4.79 Å². The Morgan fingerprint density at radius 3 is 2.67 bits per heavy atom. The van der Waals surface area contributed by atoms with Crippen LogP contribution in [0.1, 0.15) is 13.3 Å². The van der Waals surface area contributed by atoms with Crippen molar-refractivity contribution < 1.29 is 9.53 Å². The fourth-order valence-electron chi connectivity index (χ4n) is 0.323. The van der Waals surface area contributed by atoms with Crippen molar-refractivity contribution in [3.63, 3.8) is 0 Å². The van der Waals surface area contributed by atoms with Crippen LogP contribution < -0.4 is 0 Å². The lowest BCUT2D eigenvalue weighted by molar-refractivity contribution is -0.138. The molecule has 0 aromatic carbocycles. The van der Waals surface area contributed by atoms with Crippen molar-refractivity contribution in [1.29, 1.82) is 0 Å². The van der Waals surface area contributed by atoms with Gasteiger partial charge in [-0.2, -0.15) is 0 Å². The van der Waals surface area contributed by atoms with Gasteiger partial charge in [0.15, 0.2) is 0 Å². The molecule has 0 N–H and O–H groups in total. The van der Waals surface area contributed by atoms with Gasteiger partial charge in [-0.25, -0.2) is 0 Å². The highest BCUT2D eigenvalue weighted by Crippen LogP contribution is 1.96. The first-order chi connectivity index (χ1) is 4.16. The van der Waals surface area contributed by atoms with Gasteiger partial charge in [0.1, 0.15) is 0 Å². The number of esters is 1. The molecule has 0 rings (SSSR count). The van der Waals surface area contributed by atoms with Gasteiger partial charge in [0.25, 0.3) is 0 Å². The number of ether oxygens (including phenoxy) is 1. The largest absolute Gasteiger partial charge is 0.432 e. The van der Waals surface area contributed by atoms with Crippen molar-refractivity contribution in [2.45, 2.75) is 13.3 Å². The molecule has 9 heavy (non-hydrogen) atoms. The lowest BCUT2D eigenvalue weighted by Gasteiger charge is -1.98. The highest BCUT2D eigenvalue weighted by Gasteiger charge is 1.99. The number of halogens is 1. The Kier molecular flexibility index (Phi) is 4.40. The molecule has 0 aliphatic rings. The summed E-state index contributed by atoms with van der Waals surface area (Å²) < 4.78 is 4.63. The highest BCUT2D eigenvalue weighted by molar-refractivity contribution is 9.09. The van der Waals surface area contributed by atoms with Crippen LogP contribution >= 0.6 is 15.9 Å². The van der Waals surface area contributed by atoms with Gasteiger partial charge in [-0.05, 0) is 6.92 Å². The summed E-state index contributed by atoms with van der Waals surface area (Å²) in [5, 5.41) is 0.638. The molecule has 0 fully saturated rings. The molecular weight excluding hydrogens is 184 g/mol. The van der Waals surface area contributed by atoms with Gasteiger partial charge in [0, 0.05) is 5.33 Å². The van der Waals surface area contributed by atoms with Crippen molar-refractivity contribution in [2.75, 3.05) is 5.33 Å². The Balaban J connectivity index is 3.39. The van der Waals surface area contributed by atoms with Crippen LogP contribution in [0, 0.1) is 0 Å². The molecule has 0 aromatic rings. The molecule has 0 saturated carbocycles. The van der Waals surface area contributed by atoms with E-state index < -0.39 is 0 Å². The fraction of sp³-hybridized carbons (Fsp3) is 0.500. The Hall–Kier alpha value is -0.310. The maximum Gasteiger partial charge on any atom is 0.311 e. The Morgan fingerprint density at radius 1 is 1.78 bits per heavy atom. The second kappa shape index (κ2) is 4.56. The van der Waals surface area contributed by atoms with E-state index >= 15 is 0 Å². The van der Waals surface area contributed by atoms with Gasteiger partial charge in [-0.15, -0.1) is 0 Å². The number of rotatable bonds is 3. The lowest BCUT2D eigenvalue weighted by atomic mass is 10.5. The molecule has 0 bridgehead atoms. The molecule has 0 aliphatic carbocycles. The zero-order chi connectivity index (χ0) is 7.28. The third-order valence-corrected chi connectivity index (χ3v) is 0.983. The van der Waals surface area contributed by atoms with E-state index in [1.165, 1.54) is 0 Å². The number of carbonyl (C=O) groups is 1. The van der Waals surface area contributed by atoms with Gasteiger partial charge >= 0.3 is 5.97 Å². The molecule has 0 spiro atoms. The summed E-state index contributed by atoms with van der Waals surface area (Å²) in [7, 11) is 0. The quantitative estimate of drug-likeness (QED) is 0.388. The van der Waals surface area contributed by atoms with Crippen molar-refractivity contribution in [2.24, 2.45) is 0 Å². The normalized spacial score (nSPS) is 8.67. The number of allylic oxidation sites excluding steroid dienone is 1. The highest BCUT2D eigenvalue weighted by atomic mass is 79.9. The van der Waals surface area contributed by atoms with E-state index in [1.54, 1.807) is 6.92 Å². The van der Waals surface area contributed by atoms with Crippen LogP contribution in [0.5, 0.6) is 0 Å². The van der Waals surface area contributed by atoms with Crippen molar-refractivity contribution in [3.05, 3.63) is 12.3 Å². The zero-order valence-electron chi connectivity index (χ0n) is 5.32. The Morgan fingerprint density at radius 2 is 2.33 bits per heavy atom. The third kappa shape index (κ3) is 5.56. The molecule has 2 nitrogen and oxygen atoms in total. The minimum atomic E-state index is -0.237. The minimum Gasteiger partial charge on any atom is -0.432 e. The molecular formula is C6H9BrO2. The Labute approximate surface area is 63.0 Å². The molecule has 0 atom stereocenters. The van der Waals surface area contributed by atoms with Crippen LogP contribution in [-0.2, 0) is 9.53 Å². The van der Waals surface area contributed by atoms with Gasteiger partial charge in [0.2, 0.25) is 0 Å². The van der Waals surface area contributed by atoms with E-state index in [4.69, 9.17) is 0 Å². The zero-order valence-corrected chi connectivity index (χ0v) is 6.90. The van der Waals surface area contributed by atoms with Crippen LogP contribution in [0.4, 0.5) is 0 Å². The van der Waals surface area contributed by atoms with Crippen LogP contribution in [-0.4, -0.2) is 11.3 Å². The Bertz CT molecular complexity index is 120.